The average Bonchev–Trinajstić information content (AvgIpc) is 2.63. The van der Waals surface area contributed by atoms with Crippen LogP contribution in [-0.4, -0.2) is 49.7 Å². The SMILES string of the molecule is CCCN1CCC(CNC(=NC)NCc2ccccc2OC(C)(C)C)CC1. The molecule has 0 saturated carbocycles. The number of likely N-dealkylation sites (tertiary alicyclic amines) is 1. The molecule has 1 saturated heterocycles. The number of piperidine rings is 1. The molecule has 0 bridgehead atoms. The van der Waals surface area contributed by atoms with E-state index in [0.717, 1.165) is 29.7 Å². The number of ether oxygens (including phenoxy) is 1. The molecular formula is C22H38N4O. The van der Waals surface area contributed by atoms with Crippen LogP contribution in [0, 0.1) is 5.92 Å². The van der Waals surface area contributed by atoms with Crippen molar-refractivity contribution in [2.45, 2.75) is 59.1 Å². The van der Waals surface area contributed by atoms with Crippen LogP contribution >= 0.6 is 0 Å². The second-order valence-electron chi connectivity index (χ2n) is 8.41. The number of aliphatic imine (C=N–C) groups is 1. The third-order valence-corrected chi connectivity index (χ3v) is 4.86. The molecule has 27 heavy (non-hydrogen) atoms. The molecule has 2 N–H and O–H groups in total. The molecule has 0 atom stereocenters. The van der Waals surface area contributed by atoms with Crippen LogP contribution in [0.4, 0.5) is 0 Å². The van der Waals surface area contributed by atoms with Gasteiger partial charge in [-0.05, 0) is 71.7 Å². The van der Waals surface area contributed by atoms with Gasteiger partial charge in [0.2, 0.25) is 0 Å². The summed E-state index contributed by atoms with van der Waals surface area (Å²) in [4.78, 5) is 6.96. The molecular weight excluding hydrogens is 336 g/mol. The first-order chi connectivity index (χ1) is 12.9. The van der Waals surface area contributed by atoms with Crippen molar-refractivity contribution < 1.29 is 4.74 Å². The van der Waals surface area contributed by atoms with E-state index in [4.69, 9.17) is 4.74 Å². The fourth-order valence-electron chi connectivity index (χ4n) is 3.45. The van der Waals surface area contributed by atoms with Gasteiger partial charge in [-0.2, -0.15) is 0 Å². The lowest BCUT2D eigenvalue weighted by Gasteiger charge is -2.32. The molecule has 0 spiro atoms. The van der Waals surface area contributed by atoms with E-state index in [-0.39, 0.29) is 5.60 Å². The maximum absolute atomic E-state index is 6.08. The Labute approximate surface area is 165 Å². The van der Waals surface area contributed by atoms with Crippen molar-refractivity contribution in [1.82, 2.24) is 15.5 Å². The summed E-state index contributed by atoms with van der Waals surface area (Å²) in [6, 6.07) is 8.20. The van der Waals surface area contributed by atoms with E-state index in [1.165, 1.54) is 38.9 Å². The number of hydrogen-bond acceptors (Lipinski definition) is 3. The Morgan fingerprint density at radius 1 is 1.19 bits per heavy atom. The second-order valence-corrected chi connectivity index (χ2v) is 8.41. The van der Waals surface area contributed by atoms with Crippen molar-refractivity contribution in [2.24, 2.45) is 10.9 Å². The maximum Gasteiger partial charge on any atom is 0.191 e. The van der Waals surface area contributed by atoms with E-state index in [1.807, 2.05) is 25.2 Å². The summed E-state index contributed by atoms with van der Waals surface area (Å²) in [5.41, 5.74) is 0.936. The van der Waals surface area contributed by atoms with E-state index in [9.17, 15) is 0 Å². The molecule has 0 aromatic heterocycles. The van der Waals surface area contributed by atoms with E-state index in [0.29, 0.717) is 6.54 Å². The molecule has 5 heteroatoms. The van der Waals surface area contributed by atoms with Crippen molar-refractivity contribution in [3.8, 4) is 5.75 Å². The van der Waals surface area contributed by atoms with Gasteiger partial charge in [-0.15, -0.1) is 0 Å². The van der Waals surface area contributed by atoms with Crippen molar-refractivity contribution >= 4 is 5.96 Å². The minimum Gasteiger partial charge on any atom is -0.488 e. The highest BCUT2D eigenvalue weighted by Crippen LogP contribution is 2.22. The monoisotopic (exact) mass is 374 g/mol. The fraction of sp³-hybridized carbons (Fsp3) is 0.682. The summed E-state index contributed by atoms with van der Waals surface area (Å²) < 4.78 is 6.08. The van der Waals surface area contributed by atoms with E-state index >= 15 is 0 Å². The van der Waals surface area contributed by atoms with Gasteiger partial charge in [0.05, 0.1) is 0 Å². The molecule has 0 unspecified atom stereocenters. The van der Waals surface area contributed by atoms with Gasteiger partial charge in [0.1, 0.15) is 11.4 Å². The molecule has 0 aliphatic carbocycles. The van der Waals surface area contributed by atoms with Gasteiger partial charge in [0.15, 0.2) is 5.96 Å². The third kappa shape index (κ3) is 7.79. The standard InChI is InChI=1S/C22H38N4O/c1-6-13-26-14-11-18(12-15-26)16-24-21(23-5)25-17-19-9-7-8-10-20(19)27-22(2,3)4/h7-10,18H,6,11-17H2,1-5H3,(H2,23,24,25). The number of hydrogen-bond donors (Lipinski definition) is 2. The number of nitrogens with zero attached hydrogens (tertiary/aromatic N) is 2. The van der Waals surface area contributed by atoms with E-state index in [2.05, 4.69) is 54.3 Å². The lowest BCUT2D eigenvalue weighted by atomic mass is 9.97. The number of guanidine groups is 1. The molecule has 1 aliphatic heterocycles. The van der Waals surface area contributed by atoms with Gasteiger partial charge in [-0.3, -0.25) is 4.99 Å². The summed E-state index contributed by atoms with van der Waals surface area (Å²) in [6.07, 6.45) is 3.79. The lowest BCUT2D eigenvalue weighted by Crippen LogP contribution is -2.42. The molecule has 0 radical (unpaired) electrons. The largest absolute Gasteiger partial charge is 0.488 e. The predicted octanol–water partition coefficient (Wildman–Crippen LogP) is 3.65. The van der Waals surface area contributed by atoms with Gasteiger partial charge in [-0.25, -0.2) is 0 Å². The van der Waals surface area contributed by atoms with Crippen LogP contribution in [0.15, 0.2) is 29.3 Å². The van der Waals surface area contributed by atoms with Gasteiger partial charge < -0.3 is 20.3 Å². The molecule has 1 aromatic rings. The first kappa shape index (κ1) is 21.5. The molecule has 1 aromatic carbocycles. The Hall–Kier alpha value is -1.75. The zero-order valence-electron chi connectivity index (χ0n) is 17.8. The zero-order valence-corrected chi connectivity index (χ0v) is 17.8. The van der Waals surface area contributed by atoms with E-state index in [1.54, 1.807) is 0 Å². The van der Waals surface area contributed by atoms with Crippen LogP contribution in [-0.2, 0) is 6.54 Å². The smallest absolute Gasteiger partial charge is 0.191 e. The minimum atomic E-state index is -0.206. The van der Waals surface area contributed by atoms with Crippen LogP contribution in [0.5, 0.6) is 5.75 Å². The summed E-state index contributed by atoms with van der Waals surface area (Å²) in [5, 5.41) is 6.93. The fourth-order valence-corrected chi connectivity index (χ4v) is 3.45. The van der Waals surface area contributed by atoms with Crippen molar-refractivity contribution in [3.05, 3.63) is 29.8 Å². The highest BCUT2D eigenvalue weighted by atomic mass is 16.5. The Kier molecular flexibility index (Phi) is 8.42. The number of nitrogens with one attached hydrogen (secondary N) is 2. The van der Waals surface area contributed by atoms with Gasteiger partial charge >= 0.3 is 0 Å². The number of para-hydroxylation sites is 1. The van der Waals surface area contributed by atoms with Crippen molar-refractivity contribution in [1.29, 1.82) is 0 Å². The highest BCUT2D eigenvalue weighted by molar-refractivity contribution is 5.79. The molecule has 2 rings (SSSR count). The van der Waals surface area contributed by atoms with Gasteiger partial charge in [-0.1, -0.05) is 25.1 Å². The molecule has 1 aliphatic rings. The first-order valence-electron chi connectivity index (χ1n) is 10.3. The van der Waals surface area contributed by atoms with Crippen molar-refractivity contribution in [3.63, 3.8) is 0 Å². The quantitative estimate of drug-likeness (QED) is 0.565. The number of rotatable bonds is 7. The highest BCUT2D eigenvalue weighted by Gasteiger charge is 2.19. The average molecular weight is 375 g/mol. The summed E-state index contributed by atoms with van der Waals surface area (Å²) in [6.45, 7) is 13.8. The Balaban J connectivity index is 1.80. The molecule has 0 amide bonds. The van der Waals surface area contributed by atoms with Crippen LogP contribution in [0.3, 0.4) is 0 Å². The molecule has 152 valence electrons. The Morgan fingerprint density at radius 2 is 1.89 bits per heavy atom. The van der Waals surface area contributed by atoms with Crippen LogP contribution in [0.2, 0.25) is 0 Å². The summed E-state index contributed by atoms with van der Waals surface area (Å²) >= 11 is 0. The van der Waals surface area contributed by atoms with Crippen LogP contribution in [0.25, 0.3) is 0 Å². The maximum atomic E-state index is 6.08. The first-order valence-corrected chi connectivity index (χ1v) is 10.3. The van der Waals surface area contributed by atoms with Gasteiger partial charge in [0.25, 0.3) is 0 Å². The third-order valence-electron chi connectivity index (χ3n) is 4.86. The topological polar surface area (TPSA) is 48.9 Å². The van der Waals surface area contributed by atoms with Crippen LogP contribution < -0.4 is 15.4 Å². The summed E-state index contributed by atoms with van der Waals surface area (Å²) in [7, 11) is 1.83. The lowest BCUT2D eigenvalue weighted by molar-refractivity contribution is 0.129. The van der Waals surface area contributed by atoms with Crippen LogP contribution in [0.1, 0.15) is 52.5 Å². The minimum absolute atomic E-state index is 0.206. The van der Waals surface area contributed by atoms with Gasteiger partial charge in [0, 0.05) is 25.7 Å². The Morgan fingerprint density at radius 3 is 2.52 bits per heavy atom. The second kappa shape index (κ2) is 10.5. The van der Waals surface area contributed by atoms with E-state index < -0.39 is 0 Å². The summed E-state index contributed by atoms with van der Waals surface area (Å²) in [5.74, 6) is 2.51. The molecule has 5 nitrogen and oxygen atoms in total. The predicted molar refractivity (Wildman–Crippen MR) is 114 cm³/mol. The Bertz CT molecular complexity index is 586. The normalized spacial score (nSPS) is 17.0. The molecule has 1 heterocycles. The number of benzene rings is 1. The zero-order chi connectivity index (χ0) is 19.7. The molecule has 1 fully saturated rings. The van der Waals surface area contributed by atoms with Crippen molar-refractivity contribution in [2.75, 3.05) is 33.2 Å².